The van der Waals surface area contributed by atoms with Crippen molar-refractivity contribution in [2.45, 2.75) is 25.9 Å². The maximum Gasteiger partial charge on any atom is 0.251 e. The lowest BCUT2D eigenvalue weighted by Crippen LogP contribution is -2.39. The Morgan fingerprint density at radius 3 is 2.56 bits per heavy atom. The summed E-state index contributed by atoms with van der Waals surface area (Å²) in [6, 6.07) is 8.76. The number of likely N-dealkylation sites (N-methyl/N-ethyl adjacent to an activating group) is 1. The van der Waals surface area contributed by atoms with Gasteiger partial charge in [0.15, 0.2) is 0 Å². The van der Waals surface area contributed by atoms with Crippen LogP contribution in [0.2, 0.25) is 5.02 Å². The number of hydrogen-bond donors (Lipinski definition) is 0. The van der Waals surface area contributed by atoms with Crippen LogP contribution in [-0.4, -0.2) is 36.9 Å². The molecule has 27 heavy (non-hydrogen) atoms. The second-order valence-corrected chi connectivity index (χ2v) is 7.01. The topological polar surface area (TPSA) is 49.9 Å². The highest BCUT2D eigenvalue weighted by molar-refractivity contribution is 6.32. The molecule has 2 amide bonds. The van der Waals surface area contributed by atoms with Crippen LogP contribution in [0.15, 0.2) is 36.4 Å². The number of amides is 2. The molecule has 1 aliphatic rings. The first kappa shape index (κ1) is 19.3. The Morgan fingerprint density at radius 2 is 1.93 bits per heavy atom. The molecule has 1 saturated heterocycles. The van der Waals surface area contributed by atoms with Crippen molar-refractivity contribution in [1.29, 1.82) is 0 Å². The maximum absolute atomic E-state index is 13.1. The molecule has 0 saturated carbocycles. The number of methoxy groups -OCH3 is 1. The fourth-order valence-corrected chi connectivity index (χ4v) is 3.34. The number of nitrogens with zero attached hydrogens (tertiary/aromatic N) is 2. The molecule has 142 valence electrons. The van der Waals surface area contributed by atoms with Gasteiger partial charge in [0.25, 0.3) is 5.91 Å². The Bertz CT molecular complexity index is 886. The molecule has 1 atom stereocenters. The van der Waals surface area contributed by atoms with Gasteiger partial charge < -0.3 is 4.74 Å². The lowest BCUT2D eigenvalue weighted by molar-refractivity contribution is -0.122. The molecule has 0 radical (unpaired) electrons. The van der Waals surface area contributed by atoms with Crippen LogP contribution in [0.1, 0.15) is 17.5 Å². The Morgan fingerprint density at radius 1 is 1.26 bits per heavy atom. The van der Waals surface area contributed by atoms with Crippen molar-refractivity contribution >= 4 is 29.1 Å². The van der Waals surface area contributed by atoms with E-state index in [1.54, 1.807) is 43.1 Å². The van der Waals surface area contributed by atoms with Crippen molar-refractivity contribution in [3.8, 4) is 5.75 Å². The lowest BCUT2D eigenvalue weighted by atomic mass is 10.1. The van der Waals surface area contributed by atoms with E-state index in [4.69, 9.17) is 16.3 Å². The largest absolute Gasteiger partial charge is 0.495 e. The smallest absolute Gasteiger partial charge is 0.251 e. The highest BCUT2D eigenvalue weighted by Gasteiger charge is 2.42. The molecular weight excluding hydrogens is 371 g/mol. The first-order valence-electron chi connectivity index (χ1n) is 8.47. The van der Waals surface area contributed by atoms with Crippen LogP contribution in [0.3, 0.4) is 0 Å². The summed E-state index contributed by atoms with van der Waals surface area (Å²) in [4.78, 5) is 28.5. The Balaban J connectivity index is 1.85. The fourth-order valence-electron chi connectivity index (χ4n) is 3.19. The molecule has 0 bridgehead atoms. The van der Waals surface area contributed by atoms with Crippen LogP contribution in [0, 0.1) is 12.7 Å². The molecule has 7 heteroatoms. The fraction of sp³-hybridized carbons (Fsp3) is 0.300. The van der Waals surface area contributed by atoms with Crippen molar-refractivity contribution in [3.63, 3.8) is 0 Å². The van der Waals surface area contributed by atoms with Gasteiger partial charge in [-0.05, 0) is 43.3 Å². The average molecular weight is 391 g/mol. The summed E-state index contributed by atoms with van der Waals surface area (Å²) in [5.41, 5.74) is 2.00. The number of benzene rings is 2. The van der Waals surface area contributed by atoms with E-state index in [2.05, 4.69) is 0 Å². The molecule has 0 N–H and O–H groups in total. The Hall–Kier alpha value is -2.44. The number of imide groups is 1. The molecule has 2 aromatic rings. The molecule has 5 nitrogen and oxygen atoms in total. The zero-order valence-electron chi connectivity index (χ0n) is 15.3. The minimum absolute atomic E-state index is 0.0708. The number of carbonyl (C=O) groups excluding carboxylic acids is 2. The van der Waals surface area contributed by atoms with Gasteiger partial charge in [0.2, 0.25) is 5.91 Å². The van der Waals surface area contributed by atoms with E-state index < -0.39 is 6.04 Å². The molecule has 0 spiro atoms. The number of rotatable bonds is 5. The summed E-state index contributed by atoms with van der Waals surface area (Å²) in [6.07, 6.45) is 0.0708. The number of ether oxygens (including phenoxy) is 1. The van der Waals surface area contributed by atoms with Gasteiger partial charge in [-0.15, -0.1) is 0 Å². The average Bonchev–Trinajstić information content (AvgIpc) is 2.93. The predicted octanol–water partition coefficient (Wildman–Crippen LogP) is 3.56. The van der Waals surface area contributed by atoms with E-state index in [1.807, 2.05) is 0 Å². The molecule has 1 aliphatic heterocycles. The van der Waals surface area contributed by atoms with Gasteiger partial charge in [0, 0.05) is 17.6 Å². The van der Waals surface area contributed by atoms with Crippen LogP contribution < -0.4 is 9.64 Å². The number of carbonyl (C=O) groups is 2. The van der Waals surface area contributed by atoms with E-state index in [-0.39, 0.29) is 24.1 Å². The van der Waals surface area contributed by atoms with E-state index in [0.29, 0.717) is 23.0 Å². The van der Waals surface area contributed by atoms with Crippen molar-refractivity contribution < 1.29 is 18.7 Å². The number of hydrogen-bond acceptors (Lipinski definition) is 4. The van der Waals surface area contributed by atoms with E-state index in [0.717, 1.165) is 16.0 Å². The normalized spacial score (nSPS) is 17.1. The van der Waals surface area contributed by atoms with Gasteiger partial charge in [-0.1, -0.05) is 23.7 Å². The highest BCUT2D eigenvalue weighted by atomic mass is 35.5. The van der Waals surface area contributed by atoms with Crippen molar-refractivity contribution in [2.24, 2.45) is 0 Å². The number of anilines is 1. The minimum Gasteiger partial charge on any atom is -0.495 e. The monoisotopic (exact) mass is 390 g/mol. The summed E-state index contributed by atoms with van der Waals surface area (Å²) < 4.78 is 18.4. The molecular formula is C20H20ClFN2O3. The molecule has 0 aromatic heterocycles. The van der Waals surface area contributed by atoms with Crippen molar-refractivity contribution in [3.05, 3.63) is 58.4 Å². The Kier molecular flexibility index (Phi) is 5.48. The second-order valence-electron chi connectivity index (χ2n) is 6.60. The third kappa shape index (κ3) is 3.82. The van der Waals surface area contributed by atoms with Gasteiger partial charge >= 0.3 is 0 Å². The van der Waals surface area contributed by atoms with Crippen LogP contribution in [0.5, 0.6) is 5.75 Å². The zero-order valence-corrected chi connectivity index (χ0v) is 16.1. The summed E-state index contributed by atoms with van der Waals surface area (Å²) in [5, 5.41) is 0.500. The SMILES string of the molecule is COc1cc(Cl)c(C)cc1N1C(=O)CC(N(C)Cc2ccc(F)cc2)C1=O. The summed E-state index contributed by atoms with van der Waals surface area (Å²) in [7, 11) is 3.24. The first-order chi connectivity index (χ1) is 12.8. The van der Waals surface area contributed by atoms with Gasteiger partial charge in [-0.3, -0.25) is 14.5 Å². The molecule has 2 aromatic carbocycles. The molecule has 1 unspecified atom stereocenters. The van der Waals surface area contributed by atoms with Crippen LogP contribution in [0.4, 0.5) is 10.1 Å². The van der Waals surface area contributed by atoms with E-state index in [1.165, 1.54) is 19.2 Å². The summed E-state index contributed by atoms with van der Waals surface area (Å²) in [6.45, 7) is 2.23. The Labute approximate surface area is 162 Å². The van der Waals surface area contributed by atoms with Crippen LogP contribution in [0.25, 0.3) is 0 Å². The van der Waals surface area contributed by atoms with Crippen molar-refractivity contribution in [1.82, 2.24) is 4.90 Å². The molecule has 1 heterocycles. The molecule has 1 fully saturated rings. The molecule has 3 rings (SSSR count). The zero-order chi connectivity index (χ0) is 19.7. The van der Waals surface area contributed by atoms with Gasteiger partial charge in [-0.25, -0.2) is 9.29 Å². The van der Waals surface area contributed by atoms with Gasteiger partial charge in [0.05, 0.1) is 25.3 Å². The summed E-state index contributed by atoms with van der Waals surface area (Å²) >= 11 is 6.12. The maximum atomic E-state index is 13.1. The van der Waals surface area contributed by atoms with Crippen LogP contribution in [-0.2, 0) is 16.1 Å². The van der Waals surface area contributed by atoms with E-state index >= 15 is 0 Å². The van der Waals surface area contributed by atoms with E-state index in [9.17, 15) is 14.0 Å². The first-order valence-corrected chi connectivity index (χ1v) is 8.85. The summed E-state index contributed by atoms with van der Waals surface area (Å²) in [5.74, 6) is -0.556. The second kappa shape index (κ2) is 7.66. The van der Waals surface area contributed by atoms with Gasteiger partial charge in [0.1, 0.15) is 11.6 Å². The quantitative estimate of drug-likeness (QED) is 0.732. The number of halogens is 2. The van der Waals surface area contributed by atoms with Gasteiger partial charge in [-0.2, -0.15) is 0 Å². The lowest BCUT2D eigenvalue weighted by Gasteiger charge is -2.24. The third-order valence-corrected chi connectivity index (χ3v) is 5.11. The van der Waals surface area contributed by atoms with Crippen molar-refractivity contribution in [2.75, 3.05) is 19.1 Å². The highest BCUT2D eigenvalue weighted by Crippen LogP contribution is 2.37. The number of aryl methyl sites for hydroxylation is 1. The minimum atomic E-state index is -0.594. The standard InChI is InChI=1S/C20H20ClFN2O3/c1-12-8-16(18(27-3)9-15(12)21)24-19(25)10-17(20(24)26)23(2)11-13-4-6-14(22)7-5-13/h4-9,17H,10-11H2,1-3H3. The van der Waals surface area contributed by atoms with Crippen LogP contribution >= 0.6 is 11.6 Å². The molecule has 0 aliphatic carbocycles. The predicted molar refractivity (Wildman–Crippen MR) is 102 cm³/mol. The third-order valence-electron chi connectivity index (χ3n) is 4.70.